The molecule has 3 unspecified atom stereocenters. The third kappa shape index (κ3) is 2.12. The molecule has 0 spiro atoms. The maximum absolute atomic E-state index is 10.7. The van der Waals surface area contributed by atoms with E-state index in [0.717, 1.165) is 12.1 Å². The fraction of sp³-hybridized carbons (Fsp3) is 0.545. The Morgan fingerprint density at radius 3 is 2.82 bits per heavy atom. The molecule has 0 saturated heterocycles. The van der Waals surface area contributed by atoms with Crippen molar-refractivity contribution < 1.29 is 10.0 Å². The molecule has 1 aromatic heterocycles. The molecule has 1 aliphatic rings. The lowest BCUT2D eigenvalue weighted by Crippen LogP contribution is -2.05. The molecule has 1 heterocycles. The van der Waals surface area contributed by atoms with Gasteiger partial charge in [0.1, 0.15) is 11.2 Å². The van der Waals surface area contributed by atoms with Crippen LogP contribution < -0.4 is 0 Å². The van der Waals surface area contributed by atoms with E-state index < -0.39 is 4.92 Å². The average molecular weight is 257 g/mol. The van der Waals surface area contributed by atoms with Crippen molar-refractivity contribution in [2.45, 2.75) is 32.3 Å². The number of rotatable bonds is 3. The molecule has 6 heteroatoms. The first-order valence-corrected chi connectivity index (χ1v) is 5.78. The van der Waals surface area contributed by atoms with Crippen molar-refractivity contribution in [3.63, 3.8) is 0 Å². The number of pyridine rings is 1. The van der Waals surface area contributed by atoms with Gasteiger partial charge in [0.2, 0.25) is 0 Å². The summed E-state index contributed by atoms with van der Waals surface area (Å²) < 4.78 is 0. The Hall–Kier alpha value is -1.20. The lowest BCUT2D eigenvalue weighted by molar-refractivity contribution is -0.385. The second-order valence-corrected chi connectivity index (χ2v) is 4.85. The second kappa shape index (κ2) is 4.23. The minimum absolute atomic E-state index is 0.149. The van der Waals surface area contributed by atoms with Crippen LogP contribution in [-0.2, 0) is 0 Å². The van der Waals surface area contributed by atoms with E-state index in [2.05, 4.69) is 4.98 Å². The van der Waals surface area contributed by atoms with Gasteiger partial charge in [-0.15, -0.1) is 0 Å². The van der Waals surface area contributed by atoms with Crippen molar-refractivity contribution in [3.8, 4) is 0 Å². The molecule has 1 aromatic rings. The van der Waals surface area contributed by atoms with Crippen LogP contribution in [0.5, 0.6) is 0 Å². The lowest BCUT2D eigenvalue weighted by Gasteiger charge is -2.07. The number of aliphatic hydroxyl groups is 1. The number of hydrogen-bond acceptors (Lipinski definition) is 4. The number of nitro groups is 1. The fourth-order valence-corrected chi connectivity index (χ4v) is 2.37. The molecule has 92 valence electrons. The van der Waals surface area contributed by atoms with Gasteiger partial charge >= 0.3 is 5.69 Å². The van der Waals surface area contributed by atoms with Gasteiger partial charge in [-0.25, -0.2) is 0 Å². The minimum atomic E-state index is -0.537. The van der Waals surface area contributed by atoms with E-state index in [1.807, 2.05) is 0 Å². The van der Waals surface area contributed by atoms with Crippen LogP contribution in [0.4, 0.5) is 5.69 Å². The quantitative estimate of drug-likeness (QED) is 0.666. The molecule has 1 aliphatic carbocycles. The molecule has 5 nitrogen and oxygen atoms in total. The molecule has 0 aromatic carbocycles. The van der Waals surface area contributed by atoms with E-state index in [4.69, 9.17) is 11.6 Å². The zero-order valence-corrected chi connectivity index (χ0v) is 10.3. The Morgan fingerprint density at radius 2 is 2.35 bits per heavy atom. The van der Waals surface area contributed by atoms with Gasteiger partial charge in [0.25, 0.3) is 0 Å². The van der Waals surface area contributed by atoms with Gasteiger partial charge in [-0.3, -0.25) is 15.1 Å². The molecule has 1 fully saturated rings. The molecule has 17 heavy (non-hydrogen) atoms. The van der Waals surface area contributed by atoms with E-state index in [0.29, 0.717) is 5.56 Å². The van der Waals surface area contributed by atoms with Crippen LogP contribution in [0.15, 0.2) is 6.20 Å². The summed E-state index contributed by atoms with van der Waals surface area (Å²) >= 11 is 5.95. The number of aliphatic hydroxyl groups excluding tert-OH is 1. The van der Waals surface area contributed by atoms with Gasteiger partial charge in [-0.1, -0.05) is 11.6 Å². The molecule has 1 saturated carbocycles. The highest BCUT2D eigenvalue weighted by molar-refractivity contribution is 6.33. The highest BCUT2D eigenvalue weighted by Crippen LogP contribution is 2.50. The van der Waals surface area contributed by atoms with Crippen molar-refractivity contribution >= 4 is 17.3 Å². The standard InChI is InChI=1S/C11H13ClN2O3/c1-5-10(12)9(14(16)17)4-13-11(5)8-3-7(8)6(2)15/h4,6-8,15H,3H2,1-2H3. The molecule has 3 atom stereocenters. The van der Waals surface area contributed by atoms with E-state index in [1.165, 1.54) is 6.20 Å². The number of hydrogen-bond donors (Lipinski definition) is 1. The Bertz CT molecular complexity index is 476. The summed E-state index contributed by atoms with van der Waals surface area (Å²) in [6.45, 7) is 3.47. The van der Waals surface area contributed by atoms with Crippen LogP contribution in [0.3, 0.4) is 0 Å². The van der Waals surface area contributed by atoms with Gasteiger partial charge in [0, 0.05) is 11.6 Å². The first-order chi connectivity index (χ1) is 7.93. The third-order valence-electron chi connectivity index (χ3n) is 3.27. The summed E-state index contributed by atoms with van der Waals surface area (Å²) in [5, 5.41) is 20.3. The summed E-state index contributed by atoms with van der Waals surface area (Å²) in [5.74, 6) is 0.368. The Balaban J connectivity index is 2.33. The smallest absolute Gasteiger partial charge is 0.306 e. The highest BCUT2D eigenvalue weighted by Gasteiger charge is 2.44. The summed E-state index contributed by atoms with van der Waals surface area (Å²) in [4.78, 5) is 14.3. The Morgan fingerprint density at radius 1 is 1.71 bits per heavy atom. The maximum atomic E-state index is 10.7. The normalized spacial score (nSPS) is 24.5. The fourth-order valence-electron chi connectivity index (χ4n) is 2.15. The first-order valence-electron chi connectivity index (χ1n) is 5.41. The van der Waals surface area contributed by atoms with E-state index in [9.17, 15) is 15.2 Å². The van der Waals surface area contributed by atoms with Gasteiger partial charge in [-0.05, 0) is 31.7 Å². The van der Waals surface area contributed by atoms with Crippen LogP contribution in [0.2, 0.25) is 5.02 Å². The molecule has 0 aliphatic heterocycles. The minimum Gasteiger partial charge on any atom is -0.393 e. The van der Waals surface area contributed by atoms with E-state index in [1.54, 1.807) is 13.8 Å². The van der Waals surface area contributed by atoms with Crippen molar-refractivity contribution in [1.82, 2.24) is 4.98 Å². The topological polar surface area (TPSA) is 76.3 Å². The monoisotopic (exact) mass is 256 g/mol. The molecule has 2 rings (SSSR count). The Kier molecular flexibility index (Phi) is 3.05. The van der Waals surface area contributed by atoms with Crippen LogP contribution >= 0.6 is 11.6 Å². The van der Waals surface area contributed by atoms with Gasteiger partial charge in [0.05, 0.1) is 11.0 Å². The predicted octanol–water partition coefficient (Wildman–Crippen LogP) is 2.44. The van der Waals surface area contributed by atoms with E-state index >= 15 is 0 Å². The van der Waals surface area contributed by atoms with Crippen LogP contribution in [0.1, 0.15) is 30.5 Å². The van der Waals surface area contributed by atoms with Gasteiger partial charge in [0.15, 0.2) is 0 Å². The molecule has 0 radical (unpaired) electrons. The zero-order valence-electron chi connectivity index (χ0n) is 9.55. The molecular formula is C11H13ClN2O3. The molecule has 0 bridgehead atoms. The van der Waals surface area contributed by atoms with Crippen molar-refractivity contribution in [3.05, 3.63) is 32.6 Å². The van der Waals surface area contributed by atoms with Crippen molar-refractivity contribution in [1.29, 1.82) is 0 Å². The molecular weight excluding hydrogens is 244 g/mol. The van der Waals surface area contributed by atoms with Crippen molar-refractivity contribution in [2.24, 2.45) is 5.92 Å². The maximum Gasteiger partial charge on any atom is 0.306 e. The lowest BCUT2D eigenvalue weighted by atomic mass is 10.1. The van der Waals surface area contributed by atoms with Gasteiger partial charge < -0.3 is 5.11 Å². The largest absolute Gasteiger partial charge is 0.393 e. The summed E-state index contributed by atoms with van der Waals surface area (Å²) in [7, 11) is 0. The summed E-state index contributed by atoms with van der Waals surface area (Å²) in [5.41, 5.74) is 1.25. The molecule has 0 amide bonds. The van der Waals surface area contributed by atoms with Gasteiger partial charge in [-0.2, -0.15) is 0 Å². The first kappa shape index (κ1) is 12.3. The van der Waals surface area contributed by atoms with Crippen LogP contribution in [0, 0.1) is 23.0 Å². The highest BCUT2D eigenvalue weighted by atomic mass is 35.5. The van der Waals surface area contributed by atoms with E-state index in [-0.39, 0.29) is 28.6 Å². The number of nitrogens with zero attached hydrogens (tertiary/aromatic N) is 2. The average Bonchev–Trinajstić information content (AvgIpc) is 3.01. The third-order valence-corrected chi connectivity index (χ3v) is 3.75. The summed E-state index contributed by atoms with van der Waals surface area (Å²) in [6.07, 6.45) is 1.68. The second-order valence-electron chi connectivity index (χ2n) is 4.47. The predicted molar refractivity (Wildman–Crippen MR) is 63.2 cm³/mol. The molecule has 1 N–H and O–H groups in total. The SMILES string of the molecule is Cc1c(C2CC2C(C)O)ncc([N+](=O)[O-])c1Cl. The van der Waals surface area contributed by atoms with Crippen LogP contribution in [-0.4, -0.2) is 21.1 Å². The summed E-state index contributed by atoms with van der Waals surface area (Å²) in [6, 6.07) is 0. The number of halogens is 1. The van der Waals surface area contributed by atoms with Crippen molar-refractivity contribution in [2.75, 3.05) is 0 Å². The zero-order chi connectivity index (χ0) is 12.7. The Labute approximate surface area is 104 Å². The van der Waals surface area contributed by atoms with Crippen LogP contribution in [0.25, 0.3) is 0 Å². The number of aromatic nitrogens is 1.